The van der Waals surface area contributed by atoms with Crippen molar-refractivity contribution in [1.29, 1.82) is 0 Å². The largest absolute Gasteiger partial charge is 0.395 e. The summed E-state index contributed by atoms with van der Waals surface area (Å²) < 4.78 is 45.4. The molecule has 0 radical (unpaired) electrons. The molecule has 0 spiro atoms. The van der Waals surface area contributed by atoms with Crippen molar-refractivity contribution in [3.05, 3.63) is 11.9 Å². The first-order valence-corrected chi connectivity index (χ1v) is 2.33. The molecule has 0 aliphatic rings. The van der Waals surface area contributed by atoms with Crippen LogP contribution in [-0.4, -0.2) is 6.18 Å². The van der Waals surface area contributed by atoms with Crippen molar-refractivity contribution in [2.75, 3.05) is 0 Å². The van der Waals surface area contributed by atoms with Gasteiger partial charge in [0.25, 0.3) is 0 Å². The van der Waals surface area contributed by atoms with Crippen molar-refractivity contribution in [2.24, 2.45) is 0 Å². The van der Waals surface area contributed by atoms with E-state index in [9.17, 15) is 17.6 Å². The first kappa shape index (κ1) is 8.46. The molecule has 0 N–H and O–H groups in total. The number of allylic oxidation sites excluding steroid dienone is 2. The normalized spacial score (nSPS) is 14.1. The molecule has 0 saturated carbocycles. The molecule has 0 rings (SSSR count). The van der Waals surface area contributed by atoms with Crippen molar-refractivity contribution in [1.82, 2.24) is 0 Å². The van der Waals surface area contributed by atoms with E-state index >= 15 is 0 Å². The lowest BCUT2D eigenvalue weighted by molar-refractivity contribution is -0.130. The van der Waals surface area contributed by atoms with Crippen molar-refractivity contribution in [2.45, 2.75) is 19.5 Å². The minimum Gasteiger partial charge on any atom is -0.212 e. The maximum atomic E-state index is 11.8. The third kappa shape index (κ3) is 5.33. The standard InChI is InChI=1S/C5H6F4/c1-2-4(6)3-5(7,8)9/h2H,3H2,1H3/b4-2+. The van der Waals surface area contributed by atoms with Crippen LogP contribution in [0.2, 0.25) is 0 Å². The Morgan fingerprint density at radius 2 is 1.89 bits per heavy atom. The van der Waals surface area contributed by atoms with E-state index in [1.165, 1.54) is 6.92 Å². The summed E-state index contributed by atoms with van der Waals surface area (Å²) >= 11 is 0. The van der Waals surface area contributed by atoms with E-state index in [4.69, 9.17) is 0 Å². The van der Waals surface area contributed by atoms with E-state index in [1.807, 2.05) is 0 Å². The van der Waals surface area contributed by atoms with Crippen LogP contribution >= 0.6 is 0 Å². The molecule has 0 fully saturated rings. The van der Waals surface area contributed by atoms with Gasteiger partial charge in [-0.2, -0.15) is 13.2 Å². The Balaban J connectivity index is 3.75. The Morgan fingerprint density at radius 1 is 1.44 bits per heavy atom. The van der Waals surface area contributed by atoms with Gasteiger partial charge < -0.3 is 0 Å². The van der Waals surface area contributed by atoms with Crippen LogP contribution in [0.25, 0.3) is 0 Å². The van der Waals surface area contributed by atoms with Crippen molar-refractivity contribution in [3.8, 4) is 0 Å². The Hall–Kier alpha value is -0.540. The van der Waals surface area contributed by atoms with E-state index < -0.39 is 18.4 Å². The molecule has 0 atom stereocenters. The minimum atomic E-state index is -4.42. The minimum absolute atomic E-state index is 0.799. The van der Waals surface area contributed by atoms with Crippen LogP contribution in [0.5, 0.6) is 0 Å². The first-order valence-electron chi connectivity index (χ1n) is 2.33. The van der Waals surface area contributed by atoms with Gasteiger partial charge in [-0.25, -0.2) is 4.39 Å². The molecule has 0 saturated heterocycles. The molecule has 0 aromatic rings. The van der Waals surface area contributed by atoms with Crippen LogP contribution in [0.3, 0.4) is 0 Å². The van der Waals surface area contributed by atoms with Crippen molar-refractivity contribution < 1.29 is 17.6 Å². The van der Waals surface area contributed by atoms with Gasteiger partial charge in [-0.05, 0) is 6.92 Å². The van der Waals surface area contributed by atoms with Gasteiger partial charge in [-0.15, -0.1) is 0 Å². The summed E-state index contributed by atoms with van der Waals surface area (Å²) in [6, 6.07) is 0. The molecule has 0 aliphatic heterocycles. The molecule has 0 nitrogen and oxygen atoms in total. The lowest BCUT2D eigenvalue weighted by atomic mass is 10.3. The fourth-order valence-electron chi connectivity index (χ4n) is 0.294. The monoisotopic (exact) mass is 142 g/mol. The van der Waals surface area contributed by atoms with Crippen LogP contribution in [0, 0.1) is 0 Å². The molecule has 0 heterocycles. The second-order valence-electron chi connectivity index (χ2n) is 1.53. The highest BCUT2D eigenvalue weighted by Crippen LogP contribution is 2.24. The summed E-state index contributed by atoms with van der Waals surface area (Å²) in [5.41, 5.74) is 0. The molecular weight excluding hydrogens is 136 g/mol. The molecule has 0 aliphatic carbocycles. The zero-order valence-electron chi connectivity index (χ0n) is 4.80. The second-order valence-corrected chi connectivity index (χ2v) is 1.53. The second kappa shape index (κ2) is 2.85. The zero-order chi connectivity index (χ0) is 7.49. The van der Waals surface area contributed by atoms with Crippen molar-refractivity contribution >= 4 is 0 Å². The number of rotatable bonds is 1. The molecule has 0 bridgehead atoms. The van der Waals surface area contributed by atoms with E-state index in [0.717, 1.165) is 6.08 Å². The molecule has 9 heavy (non-hydrogen) atoms. The average molecular weight is 142 g/mol. The summed E-state index contributed by atoms with van der Waals surface area (Å²) in [6.45, 7) is 1.22. The molecule has 0 unspecified atom stereocenters. The Labute approximate surface area is 50.2 Å². The van der Waals surface area contributed by atoms with Gasteiger partial charge >= 0.3 is 6.18 Å². The first-order chi connectivity index (χ1) is 3.95. The highest BCUT2D eigenvalue weighted by atomic mass is 19.4. The van der Waals surface area contributed by atoms with Crippen LogP contribution in [0.4, 0.5) is 17.6 Å². The van der Waals surface area contributed by atoms with Crippen LogP contribution < -0.4 is 0 Å². The van der Waals surface area contributed by atoms with Gasteiger partial charge in [0.2, 0.25) is 0 Å². The van der Waals surface area contributed by atoms with Gasteiger partial charge in [0.15, 0.2) is 0 Å². The third-order valence-corrected chi connectivity index (χ3v) is 0.683. The Kier molecular flexibility index (Phi) is 2.67. The van der Waals surface area contributed by atoms with E-state index in [0.29, 0.717) is 0 Å². The van der Waals surface area contributed by atoms with Crippen LogP contribution in [-0.2, 0) is 0 Å². The SMILES string of the molecule is C/C=C(/F)CC(F)(F)F. The van der Waals surface area contributed by atoms with Gasteiger partial charge in [0.1, 0.15) is 5.83 Å². The smallest absolute Gasteiger partial charge is 0.212 e. The van der Waals surface area contributed by atoms with Gasteiger partial charge in [0, 0.05) is 0 Å². The lowest BCUT2D eigenvalue weighted by Gasteiger charge is -2.01. The van der Waals surface area contributed by atoms with Gasteiger partial charge in [-0.1, -0.05) is 6.08 Å². The molecule has 4 heteroatoms. The van der Waals surface area contributed by atoms with E-state index in [1.54, 1.807) is 0 Å². The number of halogens is 4. The van der Waals surface area contributed by atoms with E-state index in [-0.39, 0.29) is 0 Å². The Morgan fingerprint density at radius 3 is 2.00 bits per heavy atom. The van der Waals surface area contributed by atoms with Crippen molar-refractivity contribution in [3.63, 3.8) is 0 Å². The maximum absolute atomic E-state index is 11.8. The summed E-state index contributed by atoms with van der Waals surface area (Å²) in [5, 5.41) is 0. The third-order valence-electron chi connectivity index (χ3n) is 0.683. The maximum Gasteiger partial charge on any atom is 0.395 e. The summed E-state index contributed by atoms with van der Waals surface area (Å²) in [4.78, 5) is 0. The fourth-order valence-corrected chi connectivity index (χ4v) is 0.294. The Bertz CT molecular complexity index is 111. The molecule has 54 valence electrons. The number of hydrogen-bond donors (Lipinski definition) is 0. The quantitative estimate of drug-likeness (QED) is 0.494. The molecular formula is C5H6F4. The van der Waals surface area contributed by atoms with Crippen LogP contribution in [0.15, 0.2) is 11.9 Å². The molecule has 0 aromatic carbocycles. The fraction of sp³-hybridized carbons (Fsp3) is 0.600. The predicted molar refractivity (Wildman–Crippen MR) is 25.5 cm³/mol. The topological polar surface area (TPSA) is 0 Å². The van der Waals surface area contributed by atoms with Gasteiger partial charge in [0.05, 0.1) is 6.42 Å². The summed E-state index contributed by atoms with van der Waals surface area (Å²) in [6.07, 6.45) is -5.08. The highest BCUT2D eigenvalue weighted by Gasteiger charge is 2.28. The predicted octanol–water partition coefficient (Wildman–Crippen LogP) is 2.81. The molecule has 0 aromatic heterocycles. The number of hydrogen-bond acceptors (Lipinski definition) is 0. The van der Waals surface area contributed by atoms with E-state index in [2.05, 4.69) is 0 Å². The number of alkyl halides is 3. The van der Waals surface area contributed by atoms with Gasteiger partial charge in [-0.3, -0.25) is 0 Å². The molecule has 0 amide bonds. The lowest BCUT2D eigenvalue weighted by Crippen LogP contribution is -2.06. The summed E-state index contributed by atoms with van der Waals surface area (Å²) in [7, 11) is 0. The zero-order valence-corrected chi connectivity index (χ0v) is 4.80. The highest BCUT2D eigenvalue weighted by molar-refractivity contribution is 4.90. The average Bonchev–Trinajstić information content (AvgIpc) is 1.62. The van der Waals surface area contributed by atoms with Crippen LogP contribution in [0.1, 0.15) is 13.3 Å². The summed E-state index contributed by atoms with van der Waals surface area (Å²) in [5.74, 6) is -1.14.